The van der Waals surface area contributed by atoms with Gasteiger partial charge in [-0.1, -0.05) is 13.8 Å². The number of rotatable bonds is 4. The maximum atomic E-state index is 4.40. The summed E-state index contributed by atoms with van der Waals surface area (Å²) in [5.41, 5.74) is 0. The van der Waals surface area contributed by atoms with E-state index in [0.29, 0.717) is 0 Å². The molecule has 0 radical (unpaired) electrons. The van der Waals surface area contributed by atoms with Gasteiger partial charge in [0.2, 0.25) is 0 Å². The van der Waals surface area contributed by atoms with E-state index in [9.17, 15) is 0 Å². The molecule has 0 bridgehead atoms. The van der Waals surface area contributed by atoms with Crippen LogP contribution in [0.15, 0.2) is 0 Å². The summed E-state index contributed by atoms with van der Waals surface area (Å²) in [6.07, 6.45) is 2.80. The second-order valence-electron chi connectivity index (χ2n) is 4.19. The third kappa shape index (κ3) is 2.98. The van der Waals surface area contributed by atoms with Crippen LogP contribution in [0.1, 0.15) is 26.7 Å². The smallest absolute Gasteiger partial charge is 0.00199 e. The summed E-state index contributed by atoms with van der Waals surface area (Å²) < 4.78 is 0. The molecule has 1 heterocycles. The zero-order chi connectivity index (χ0) is 8.97. The normalized spacial score (nSPS) is 22.0. The van der Waals surface area contributed by atoms with E-state index in [1.807, 2.05) is 0 Å². The molecular weight excluding hydrogens is 166 g/mol. The molecule has 1 saturated heterocycles. The fourth-order valence-electron chi connectivity index (χ4n) is 1.78. The SMILES string of the molecule is CC(C)C(CS)CN1CCCC1. The standard InChI is InChI=1S/C10H21NS/c1-9(2)10(8-12)7-11-5-3-4-6-11/h9-10,12H,3-8H2,1-2H3. The highest BCUT2D eigenvalue weighted by Crippen LogP contribution is 2.17. The van der Waals surface area contributed by atoms with E-state index in [-0.39, 0.29) is 0 Å². The lowest BCUT2D eigenvalue weighted by atomic mass is 9.97. The predicted molar refractivity (Wildman–Crippen MR) is 57.9 cm³/mol. The molecule has 0 saturated carbocycles. The first-order valence-corrected chi connectivity index (χ1v) is 5.70. The average Bonchev–Trinajstić information content (AvgIpc) is 2.51. The van der Waals surface area contributed by atoms with Crippen molar-refractivity contribution in [1.82, 2.24) is 4.90 Å². The molecule has 1 nitrogen and oxygen atoms in total. The maximum absolute atomic E-state index is 4.40. The first-order valence-electron chi connectivity index (χ1n) is 5.07. The van der Waals surface area contributed by atoms with Crippen molar-refractivity contribution in [3.8, 4) is 0 Å². The van der Waals surface area contributed by atoms with E-state index >= 15 is 0 Å². The molecule has 1 unspecified atom stereocenters. The highest BCUT2D eigenvalue weighted by atomic mass is 32.1. The number of hydrogen-bond acceptors (Lipinski definition) is 2. The molecule has 0 N–H and O–H groups in total. The molecule has 0 aromatic heterocycles. The van der Waals surface area contributed by atoms with Crippen LogP contribution in [0.4, 0.5) is 0 Å². The van der Waals surface area contributed by atoms with Gasteiger partial charge in [-0.25, -0.2) is 0 Å². The molecule has 0 spiro atoms. The minimum Gasteiger partial charge on any atom is -0.303 e. The van der Waals surface area contributed by atoms with Gasteiger partial charge in [0, 0.05) is 6.54 Å². The van der Waals surface area contributed by atoms with Crippen LogP contribution < -0.4 is 0 Å². The maximum Gasteiger partial charge on any atom is 0.00199 e. The largest absolute Gasteiger partial charge is 0.303 e. The van der Waals surface area contributed by atoms with Crippen molar-refractivity contribution in [2.75, 3.05) is 25.4 Å². The lowest BCUT2D eigenvalue weighted by Gasteiger charge is -2.24. The molecule has 1 aliphatic rings. The summed E-state index contributed by atoms with van der Waals surface area (Å²) >= 11 is 4.40. The zero-order valence-corrected chi connectivity index (χ0v) is 9.19. The molecule has 1 rings (SSSR count). The summed E-state index contributed by atoms with van der Waals surface area (Å²) in [4.78, 5) is 2.58. The molecule has 1 fully saturated rings. The lowest BCUT2D eigenvalue weighted by molar-refractivity contribution is 0.254. The van der Waals surface area contributed by atoms with Gasteiger partial charge in [-0.15, -0.1) is 0 Å². The Labute approximate surface area is 81.9 Å². The molecule has 0 aromatic rings. The van der Waals surface area contributed by atoms with Gasteiger partial charge >= 0.3 is 0 Å². The minimum absolute atomic E-state index is 0.781. The van der Waals surface area contributed by atoms with Gasteiger partial charge in [0.05, 0.1) is 0 Å². The van der Waals surface area contributed by atoms with Crippen molar-refractivity contribution in [3.63, 3.8) is 0 Å². The van der Waals surface area contributed by atoms with Gasteiger partial charge in [-0.2, -0.15) is 12.6 Å². The summed E-state index contributed by atoms with van der Waals surface area (Å²) in [6.45, 7) is 8.50. The highest BCUT2D eigenvalue weighted by Gasteiger charge is 2.18. The summed E-state index contributed by atoms with van der Waals surface area (Å²) in [6, 6.07) is 0. The van der Waals surface area contributed by atoms with E-state index in [0.717, 1.165) is 17.6 Å². The van der Waals surface area contributed by atoms with Crippen molar-refractivity contribution in [2.24, 2.45) is 11.8 Å². The molecule has 0 aliphatic carbocycles. The van der Waals surface area contributed by atoms with Gasteiger partial charge < -0.3 is 4.90 Å². The van der Waals surface area contributed by atoms with Gasteiger partial charge in [0.15, 0.2) is 0 Å². The monoisotopic (exact) mass is 187 g/mol. The molecule has 1 aliphatic heterocycles. The van der Waals surface area contributed by atoms with Crippen molar-refractivity contribution in [2.45, 2.75) is 26.7 Å². The van der Waals surface area contributed by atoms with Crippen molar-refractivity contribution >= 4 is 12.6 Å². The summed E-state index contributed by atoms with van der Waals surface area (Å²) in [7, 11) is 0. The third-order valence-corrected chi connectivity index (χ3v) is 3.34. The second kappa shape index (κ2) is 5.13. The predicted octanol–water partition coefficient (Wildman–Crippen LogP) is 2.28. The lowest BCUT2D eigenvalue weighted by Crippen LogP contribution is -2.30. The molecule has 72 valence electrons. The molecule has 0 amide bonds. The van der Waals surface area contributed by atoms with Crippen LogP contribution >= 0.6 is 12.6 Å². The Bertz CT molecular complexity index is 119. The molecule has 1 atom stereocenters. The third-order valence-electron chi connectivity index (χ3n) is 2.87. The van der Waals surface area contributed by atoms with E-state index in [4.69, 9.17) is 0 Å². The van der Waals surface area contributed by atoms with Gasteiger partial charge in [0.25, 0.3) is 0 Å². The van der Waals surface area contributed by atoms with Crippen LogP contribution in [0.5, 0.6) is 0 Å². The molecule has 12 heavy (non-hydrogen) atoms. The quantitative estimate of drug-likeness (QED) is 0.661. The van der Waals surface area contributed by atoms with Gasteiger partial charge in [0.1, 0.15) is 0 Å². The first kappa shape index (κ1) is 10.4. The van der Waals surface area contributed by atoms with Crippen molar-refractivity contribution in [1.29, 1.82) is 0 Å². The summed E-state index contributed by atoms with van der Waals surface area (Å²) in [5.74, 6) is 2.60. The minimum atomic E-state index is 0.781. The Morgan fingerprint density at radius 1 is 1.25 bits per heavy atom. The van der Waals surface area contributed by atoms with E-state index in [1.54, 1.807) is 0 Å². The number of hydrogen-bond donors (Lipinski definition) is 1. The van der Waals surface area contributed by atoms with E-state index < -0.39 is 0 Å². The second-order valence-corrected chi connectivity index (χ2v) is 4.56. The average molecular weight is 187 g/mol. The van der Waals surface area contributed by atoms with Gasteiger partial charge in [-0.05, 0) is 43.5 Å². The highest BCUT2D eigenvalue weighted by molar-refractivity contribution is 7.80. The topological polar surface area (TPSA) is 3.24 Å². The Morgan fingerprint density at radius 2 is 1.83 bits per heavy atom. The van der Waals surface area contributed by atoms with Crippen LogP contribution in [0.3, 0.4) is 0 Å². The van der Waals surface area contributed by atoms with Gasteiger partial charge in [-0.3, -0.25) is 0 Å². The Balaban J connectivity index is 2.26. The molecule has 2 heteroatoms. The molecular formula is C10H21NS. The van der Waals surface area contributed by atoms with Crippen LogP contribution in [0.25, 0.3) is 0 Å². The van der Waals surface area contributed by atoms with Crippen LogP contribution in [0.2, 0.25) is 0 Å². The zero-order valence-electron chi connectivity index (χ0n) is 8.29. The van der Waals surface area contributed by atoms with Crippen LogP contribution in [0, 0.1) is 11.8 Å². The fourth-order valence-corrected chi connectivity index (χ4v) is 2.31. The summed E-state index contributed by atoms with van der Waals surface area (Å²) in [5, 5.41) is 0. The van der Waals surface area contributed by atoms with Crippen molar-refractivity contribution in [3.05, 3.63) is 0 Å². The number of nitrogens with zero attached hydrogens (tertiary/aromatic N) is 1. The van der Waals surface area contributed by atoms with E-state index in [1.165, 1.54) is 32.5 Å². The van der Waals surface area contributed by atoms with Crippen molar-refractivity contribution < 1.29 is 0 Å². The fraction of sp³-hybridized carbons (Fsp3) is 1.00. The van der Waals surface area contributed by atoms with Crippen LogP contribution in [-0.2, 0) is 0 Å². The number of likely N-dealkylation sites (tertiary alicyclic amines) is 1. The van der Waals surface area contributed by atoms with Crippen LogP contribution in [-0.4, -0.2) is 30.3 Å². The Hall–Kier alpha value is 0.310. The first-order chi connectivity index (χ1) is 5.74. The Kier molecular flexibility index (Phi) is 4.44. The number of thiol groups is 1. The molecule has 0 aromatic carbocycles. The Morgan fingerprint density at radius 3 is 2.25 bits per heavy atom. The van der Waals surface area contributed by atoms with E-state index in [2.05, 4.69) is 31.4 Å².